The Morgan fingerprint density at radius 2 is 1.64 bits per heavy atom. The smallest absolute Gasteiger partial charge is 0.309 e. The predicted octanol–water partition coefficient (Wildman–Crippen LogP) is -0.978. The Kier molecular flexibility index (Phi) is 5.50. The second-order valence-electron chi connectivity index (χ2n) is 2.41. The highest BCUT2D eigenvalue weighted by Crippen LogP contribution is 2.03. The number of nitrogens with two attached hydrogens (primary N) is 3. The van der Waals surface area contributed by atoms with Crippen molar-refractivity contribution in [3.05, 3.63) is 0 Å². The van der Waals surface area contributed by atoms with Crippen LogP contribution in [-0.4, -0.2) is 30.7 Å². The number of hydrogen-bond donors (Lipinski definition) is 3. The van der Waals surface area contributed by atoms with Crippen molar-refractivity contribution in [3.8, 4) is 0 Å². The summed E-state index contributed by atoms with van der Waals surface area (Å²) in [5, 5.41) is 0. The number of nitrogens with zero attached hydrogens (tertiary/aromatic N) is 1. The third-order valence-corrected chi connectivity index (χ3v) is 1.46. The second-order valence-corrected chi connectivity index (χ2v) is 2.41. The van der Waals surface area contributed by atoms with Crippen molar-refractivity contribution in [1.82, 2.24) is 4.90 Å². The average molecular weight is 160 g/mol. The molecule has 0 radical (unpaired) electrons. The fraction of sp³-hybridized carbons (Fsp3) is 0.833. The molecule has 0 aromatic rings. The van der Waals surface area contributed by atoms with E-state index in [2.05, 4.69) is 16.4 Å². The van der Waals surface area contributed by atoms with Crippen LogP contribution in [0.15, 0.2) is 0 Å². The molecule has 0 aliphatic carbocycles. The van der Waals surface area contributed by atoms with Gasteiger partial charge in [0.1, 0.15) is 0 Å². The number of hydrogen-bond acceptors (Lipinski definition) is 3. The Bertz CT molecular complexity index is 107. The van der Waals surface area contributed by atoms with E-state index in [1.165, 1.54) is 25.9 Å². The molecule has 11 heavy (non-hydrogen) atoms. The number of urea groups is 1. The van der Waals surface area contributed by atoms with E-state index in [1.807, 2.05) is 0 Å². The molecule has 0 spiro atoms. The van der Waals surface area contributed by atoms with Crippen LogP contribution in [0.4, 0.5) is 4.79 Å². The van der Waals surface area contributed by atoms with Crippen LogP contribution in [0.25, 0.3) is 0 Å². The van der Waals surface area contributed by atoms with Crippen molar-refractivity contribution >= 4 is 6.03 Å². The van der Waals surface area contributed by atoms with Crippen molar-refractivity contribution in [3.63, 3.8) is 0 Å². The highest BCUT2D eigenvalue weighted by Gasteiger charge is 2.07. The molecule has 1 fully saturated rings. The number of carbonyl (C=O) groups is 1. The highest BCUT2D eigenvalue weighted by atomic mass is 16.2. The first-order valence-corrected chi connectivity index (χ1v) is 3.64. The molecule has 2 amide bonds. The lowest BCUT2D eigenvalue weighted by Crippen LogP contribution is -2.26. The predicted molar refractivity (Wildman–Crippen MR) is 43.6 cm³/mol. The summed E-state index contributed by atoms with van der Waals surface area (Å²) in [6, 6.07) is -0.833. The van der Waals surface area contributed by atoms with Gasteiger partial charge in [-0.3, -0.25) is 4.90 Å². The van der Waals surface area contributed by atoms with Crippen LogP contribution >= 0.6 is 0 Å². The lowest BCUT2D eigenvalue weighted by molar-refractivity contribution is 0.256. The summed E-state index contributed by atoms with van der Waals surface area (Å²) in [4.78, 5) is 11.3. The maximum atomic E-state index is 9.00. The lowest BCUT2D eigenvalue weighted by Gasteiger charge is -2.08. The minimum atomic E-state index is -0.833. The Balaban J connectivity index is 0.000000218. The summed E-state index contributed by atoms with van der Waals surface area (Å²) in [5.74, 6) is 0. The molecule has 1 rings (SSSR count). The maximum Gasteiger partial charge on any atom is 0.309 e. The molecule has 0 saturated carbocycles. The minimum Gasteiger partial charge on any atom is -0.352 e. The summed E-state index contributed by atoms with van der Waals surface area (Å²) in [5.41, 5.74) is 13.9. The van der Waals surface area contributed by atoms with Gasteiger partial charge in [-0.05, 0) is 25.9 Å². The molecular weight excluding hydrogens is 144 g/mol. The average Bonchev–Trinajstić information content (AvgIpc) is 2.36. The van der Waals surface area contributed by atoms with Crippen LogP contribution in [-0.2, 0) is 0 Å². The quantitative estimate of drug-likeness (QED) is 0.460. The molecule has 5 heteroatoms. The second kappa shape index (κ2) is 5.94. The summed E-state index contributed by atoms with van der Waals surface area (Å²) in [6.45, 7) is 3.19. The van der Waals surface area contributed by atoms with Crippen LogP contribution < -0.4 is 17.2 Å². The van der Waals surface area contributed by atoms with Gasteiger partial charge >= 0.3 is 6.03 Å². The van der Waals surface area contributed by atoms with Crippen LogP contribution in [0.1, 0.15) is 12.8 Å². The van der Waals surface area contributed by atoms with E-state index in [9.17, 15) is 0 Å². The molecule has 0 unspecified atom stereocenters. The zero-order valence-electron chi connectivity index (χ0n) is 6.62. The van der Waals surface area contributed by atoms with Crippen molar-refractivity contribution in [2.24, 2.45) is 17.2 Å². The van der Waals surface area contributed by atoms with E-state index < -0.39 is 6.03 Å². The van der Waals surface area contributed by atoms with E-state index in [0.29, 0.717) is 0 Å². The van der Waals surface area contributed by atoms with Crippen LogP contribution in [0.2, 0.25) is 0 Å². The molecule has 1 aliphatic heterocycles. The van der Waals surface area contributed by atoms with Crippen molar-refractivity contribution in [2.45, 2.75) is 12.8 Å². The Morgan fingerprint density at radius 3 is 1.82 bits per heavy atom. The van der Waals surface area contributed by atoms with Gasteiger partial charge in [-0.1, -0.05) is 0 Å². The number of rotatable bonds is 1. The normalized spacial score (nSPS) is 17.2. The fourth-order valence-electron chi connectivity index (χ4n) is 0.965. The Labute approximate surface area is 66.5 Å². The van der Waals surface area contributed by atoms with Crippen molar-refractivity contribution in [2.75, 3.05) is 19.8 Å². The van der Waals surface area contributed by atoms with Gasteiger partial charge in [-0.2, -0.15) is 0 Å². The zero-order valence-corrected chi connectivity index (χ0v) is 6.62. The molecule has 0 atom stereocenters. The molecular formula is C6H16N4O. The first kappa shape index (κ1) is 10.2. The number of amides is 2. The van der Waals surface area contributed by atoms with Gasteiger partial charge in [0.15, 0.2) is 0 Å². The molecule has 6 N–H and O–H groups in total. The zero-order chi connectivity index (χ0) is 8.69. The number of primary amides is 2. The van der Waals surface area contributed by atoms with Gasteiger partial charge in [0.05, 0.1) is 0 Å². The van der Waals surface area contributed by atoms with Gasteiger partial charge in [0.2, 0.25) is 0 Å². The van der Waals surface area contributed by atoms with E-state index in [0.717, 1.165) is 6.67 Å². The summed E-state index contributed by atoms with van der Waals surface area (Å²) in [7, 11) is 0. The van der Waals surface area contributed by atoms with Gasteiger partial charge in [-0.15, -0.1) is 0 Å². The summed E-state index contributed by atoms with van der Waals surface area (Å²) < 4.78 is 0. The van der Waals surface area contributed by atoms with Crippen LogP contribution in [0.5, 0.6) is 0 Å². The Morgan fingerprint density at radius 1 is 1.27 bits per heavy atom. The molecule has 1 saturated heterocycles. The minimum absolute atomic E-state index is 0.750. The van der Waals surface area contributed by atoms with Gasteiger partial charge in [0.25, 0.3) is 0 Å². The molecule has 1 heterocycles. The summed E-state index contributed by atoms with van der Waals surface area (Å²) in [6.07, 6.45) is 2.69. The summed E-state index contributed by atoms with van der Waals surface area (Å²) >= 11 is 0. The van der Waals surface area contributed by atoms with Gasteiger partial charge in [0, 0.05) is 6.67 Å². The van der Waals surface area contributed by atoms with E-state index in [4.69, 9.17) is 10.5 Å². The van der Waals surface area contributed by atoms with Crippen molar-refractivity contribution in [1.29, 1.82) is 0 Å². The first-order chi connectivity index (χ1) is 5.16. The van der Waals surface area contributed by atoms with Gasteiger partial charge in [-0.25, -0.2) is 4.79 Å². The van der Waals surface area contributed by atoms with Gasteiger partial charge < -0.3 is 17.2 Å². The van der Waals surface area contributed by atoms with E-state index in [1.54, 1.807) is 0 Å². The monoisotopic (exact) mass is 160 g/mol. The van der Waals surface area contributed by atoms with Crippen LogP contribution in [0.3, 0.4) is 0 Å². The molecule has 1 aliphatic rings. The molecule has 0 aromatic carbocycles. The van der Waals surface area contributed by atoms with E-state index >= 15 is 0 Å². The maximum absolute atomic E-state index is 9.00. The molecule has 5 nitrogen and oxygen atoms in total. The van der Waals surface area contributed by atoms with E-state index in [-0.39, 0.29) is 0 Å². The SMILES string of the molecule is NC(N)=O.NCN1CCCC1. The lowest BCUT2D eigenvalue weighted by atomic mass is 10.4. The molecule has 66 valence electrons. The first-order valence-electron chi connectivity index (χ1n) is 3.64. The number of carbonyl (C=O) groups excluding carboxylic acids is 1. The standard InChI is InChI=1S/C5H12N2.CH4N2O/c6-5-7-3-1-2-4-7;2-1(3)4/h1-6H2;(H4,2,3,4). The molecule has 0 bridgehead atoms. The number of likely N-dealkylation sites (tertiary alicyclic amines) is 1. The third-order valence-electron chi connectivity index (χ3n) is 1.46. The Hall–Kier alpha value is -0.810. The fourth-order valence-corrected chi connectivity index (χ4v) is 0.965. The highest BCUT2D eigenvalue weighted by molar-refractivity contribution is 5.69. The largest absolute Gasteiger partial charge is 0.352 e. The van der Waals surface area contributed by atoms with Crippen LogP contribution in [0, 0.1) is 0 Å². The topological polar surface area (TPSA) is 98.4 Å². The third kappa shape index (κ3) is 7.08. The van der Waals surface area contributed by atoms with Crippen molar-refractivity contribution < 1.29 is 4.79 Å². The molecule has 0 aromatic heterocycles.